The van der Waals surface area contributed by atoms with Gasteiger partial charge in [-0.2, -0.15) is 0 Å². The lowest BCUT2D eigenvalue weighted by atomic mass is 10.3. The Hall–Kier alpha value is -1.23. The van der Waals surface area contributed by atoms with Crippen molar-refractivity contribution >= 4 is 5.97 Å². The van der Waals surface area contributed by atoms with Gasteiger partial charge in [-0.3, -0.25) is 0 Å². The Kier molecular flexibility index (Phi) is 2.00. The zero-order valence-electron chi connectivity index (χ0n) is 6.16. The van der Waals surface area contributed by atoms with E-state index in [4.69, 9.17) is 5.11 Å². The van der Waals surface area contributed by atoms with E-state index in [1.54, 1.807) is 0 Å². The molecule has 0 saturated carbocycles. The van der Waals surface area contributed by atoms with E-state index in [2.05, 4.69) is 14.2 Å². The van der Waals surface area contributed by atoms with Gasteiger partial charge in [-0.1, -0.05) is 0 Å². The molecule has 1 aliphatic rings. The number of hydrogen-bond donors (Lipinski definition) is 1. The highest BCUT2D eigenvalue weighted by Gasteiger charge is 2.36. The number of rotatable bonds is 2. The maximum absolute atomic E-state index is 10.6. The largest absolute Gasteiger partial charge is 0.491 e. The van der Waals surface area contributed by atoms with E-state index >= 15 is 0 Å². The first kappa shape index (κ1) is 7.87. The highest BCUT2D eigenvalue weighted by Crippen LogP contribution is 2.21. The first-order valence-corrected chi connectivity index (χ1v) is 2.92. The lowest BCUT2D eigenvalue weighted by Gasteiger charge is -2.01. The van der Waals surface area contributed by atoms with Gasteiger partial charge in [0.1, 0.15) is 0 Å². The second-order valence-corrected chi connectivity index (χ2v) is 1.88. The molecule has 1 N–H and O–H groups in total. The van der Waals surface area contributed by atoms with Crippen molar-refractivity contribution in [1.29, 1.82) is 0 Å². The van der Waals surface area contributed by atoms with Crippen LogP contribution in [0.2, 0.25) is 0 Å². The van der Waals surface area contributed by atoms with Crippen LogP contribution in [-0.4, -0.2) is 31.4 Å². The van der Waals surface area contributed by atoms with Gasteiger partial charge in [-0.05, 0) is 0 Å². The molecule has 1 heterocycles. The van der Waals surface area contributed by atoms with E-state index in [0.29, 0.717) is 0 Å². The number of carbonyl (C=O) groups is 1. The molecule has 0 fully saturated rings. The molecule has 62 valence electrons. The average molecular weight is 160 g/mol. The third-order valence-electron chi connectivity index (χ3n) is 1.27. The zero-order valence-corrected chi connectivity index (χ0v) is 6.16. The lowest BCUT2D eigenvalue weighted by molar-refractivity contribution is -0.147. The fourth-order valence-electron chi connectivity index (χ4n) is 0.753. The van der Waals surface area contributed by atoms with Crippen molar-refractivity contribution in [3.05, 3.63) is 11.7 Å². The molecular formula is C6H8O5. The molecule has 1 atom stereocenters. The van der Waals surface area contributed by atoms with Crippen LogP contribution in [0.3, 0.4) is 0 Å². The number of esters is 1. The van der Waals surface area contributed by atoms with E-state index in [-0.39, 0.29) is 11.7 Å². The van der Waals surface area contributed by atoms with Gasteiger partial charge in [0.2, 0.25) is 11.9 Å². The Morgan fingerprint density at radius 1 is 1.45 bits per heavy atom. The Morgan fingerprint density at radius 2 is 2.09 bits per heavy atom. The van der Waals surface area contributed by atoms with E-state index in [9.17, 15) is 4.79 Å². The van der Waals surface area contributed by atoms with Crippen LogP contribution in [0.4, 0.5) is 0 Å². The maximum Gasteiger partial charge on any atom is 0.351 e. The summed E-state index contributed by atoms with van der Waals surface area (Å²) < 4.78 is 13.7. The van der Waals surface area contributed by atoms with Crippen LogP contribution >= 0.6 is 0 Å². The molecule has 0 spiro atoms. The predicted molar refractivity (Wildman–Crippen MR) is 33.1 cm³/mol. The number of methoxy groups -OCH3 is 2. The van der Waals surface area contributed by atoms with Gasteiger partial charge in [-0.15, -0.1) is 0 Å². The maximum atomic E-state index is 10.6. The first-order valence-electron chi connectivity index (χ1n) is 2.92. The number of ether oxygens (including phenoxy) is 3. The van der Waals surface area contributed by atoms with Crippen molar-refractivity contribution in [3.8, 4) is 0 Å². The minimum atomic E-state index is -1.35. The van der Waals surface area contributed by atoms with Crippen LogP contribution in [-0.2, 0) is 19.0 Å². The molecule has 0 aromatic rings. The predicted octanol–water partition coefficient (Wildman–Crippen LogP) is -0.634. The molecule has 11 heavy (non-hydrogen) atoms. The molecule has 0 aromatic heterocycles. The summed E-state index contributed by atoms with van der Waals surface area (Å²) in [4.78, 5) is 10.6. The van der Waals surface area contributed by atoms with Gasteiger partial charge in [-0.25, -0.2) is 4.79 Å². The quantitative estimate of drug-likeness (QED) is 0.544. The summed E-state index contributed by atoms with van der Waals surface area (Å²) in [6.07, 6.45) is -1.35. The minimum Gasteiger partial charge on any atom is -0.491 e. The van der Waals surface area contributed by atoms with E-state index < -0.39 is 12.1 Å². The number of aliphatic hydroxyl groups is 1. The second-order valence-electron chi connectivity index (χ2n) is 1.88. The van der Waals surface area contributed by atoms with Crippen molar-refractivity contribution in [2.24, 2.45) is 0 Å². The highest BCUT2D eigenvalue weighted by molar-refractivity contribution is 5.81. The van der Waals surface area contributed by atoms with Crippen LogP contribution in [0.5, 0.6) is 0 Å². The van der Waals surface area contributed by atoms with Crippen LogP contribution < -0.4 is 0 Å². The fourth-order valence-corrected chi connectivity index (χ4v) is 0.753. The van der Waals surface area contributed by atoms with Gasteiger partial charge >= 0.3 is 11.9 Å². The van der Waals surface area contributed by atoms with Gasteiger partial charge in [0.05, 0.1) is 14.2 Å². The van der Waals surface area contributed by atoms with Gasteiger partial charge in [0.15, 0.2) is 0 Å². The molecule has 0 aromatic carbocycles. The van der Waals surface area contributed by atoms with Crippen molar-refractivity contribution < 1.29 is 24.1 Å². The summed E-state index contributed by atoms with van der Waals surface area (Å²) in [6, 6.07) is 0. The monoisotopic (exact) mass is 160 g/mol. The minimum absolute atomic E-state index is 0.0116. The SMILES string of the molecule is COC1=C(OC)C(O)C(=O)O1. The fraction of sp³-hybridized carbons (Fsp3) is 0.500. The lowest BCUT2D eigenvalue weighted by Crippen LogP contribution is -2.17. The van der Waals surface area contributed by atoms with Crippen molar-refractivity contribution in [3.63, 3.8) is 0 Å². The number of carbonyl (C=O) groups excluding carboxylic acids is 1. The zero-order chi connectivity index (χ0) is 8.43. The number of aliphatic hydroxyl groups excluding tert-OH is 1. The van der Waals surface area contributed by atoms with Crippen molar-refractivity contribution in [1.82, 2.24) is 0 Å². The molecule has 1 unspecified atom stereocenters. The number of hydrogen-bond acceptors (Lipinski definition) is 5. The topological polar surface area (TPSA) is 65.0 Å². The standard InChI is InChI=1S/C6H8O5/c1-9-4-3(7)5(8)11-6(4)10-2/h3,7H,1-2H3. The molecule has 5 heteroatoms. The smallest absolute Gasteiger partial charge is 0.351 e. The highest BCUT2D eigenvalue weighted by atomic mass is 16.7. The molecule has 5 nitrogen and oxygen atoms in total. The first-order chi connectivity index (χ1) is 5.20. The molecule has 0 aliphatic carbocycles. The summed E-state index contributed by atoms with van der Waals surface area (Å²) in [5, 5.41) is 9.02. The van der Waals surface area contributed by atoms with Gasteiger partial charge in [0, 0.05) is 0 Å². The molecule has 1 rings (SSSR count). The second kappa shape index (κ2) is 2.79. The summed E-state index contributed by atoms with van der Waals surface area (Å²) in [6.45, 7) is 0. The Bertz CT molecular complexity index is 207. The van der Waals surface area contributed by atoms with E-state index in [1.165, 1.54) is 14.2 Å². The summed E-state index contributed by atoms with van der Waals surface area (Å²) in [7, 11) is 2.64. The third kappa shape index (κ3) is 1.14. The molecule has 1 aliphatic heterocycles. The van der Waals surface area contributed by atoms with E-state index in [1.807, 2.05) is 0 Å². The molecule has 0 bridgehead atoms. The van der Waals surface area contributed by atoms with E-state index in [0.717, 1.165) is 0 Å². The Balaban J connectivity index is 2.86. The van der Waals surface area contributed by atoms with Crippen LogP contribution in [0.1, 0.15) is 0 Å². The van der Waals surface area contributed by atoms with Crippen LogP contribution in [0, 0.1) is 0 Å². The molecular weight excluding hydrogens is 152 g/mol. The average Bonchev–Trinajstić information content (AvgIpc) is 2.28. The summed E-state index contributed by atoms with van der Waals surface area (Å²) >= 11 is 0. The summed E-state index contributed by atoms with van der Waals surface area (Å²) in [5.41, 5.74) is 0. The third-order valence-corrected chi connectivity index (χ3v) is 1.27. The molecule has 0 saturated heterocycles. The Labute approximate surface area is 63.2 Å². The van der Waals surface area contributed by atoms with Gasteiger partial charge in [0.25, 0.3) is 0 Å². The van der Waals surface area contributed by atoms with Crippen molar-refractivity contribution in [2.45, 2.75) is 6.10 Å². The van der Waals surface area contributed by atoms with Crippen LogP contribution in [0.25, 0.3) is 0 Å². The Morgan fingerprint density at radius 3 is 2.45 bits per heavy atom. The number of cyclic esters (lactones) is 1. The van der Waals surface area contributed by atoms with Gasteiger partial charge < -0.3 is 19.3 Å². The summed E-state index contributed by atoms with van der Waals surface area (Å²) in [5.74, 6) is -0.846. The molecule has 0 amide bonds. The normalized spacial score (nSPS) is 23.5. The van der Waals surface area contributed by atoms with Crippen molar-refractivity contribution in [2.75, 3.05) is 14.2 Å². The molecule has 0 radical (unpaired) electrons. The van der Waals surface area contributed by atoms with Crippen LogP contribution in [0.15, 0.2) is 11.7 Å².